The monoisotopic (exact) mass is 406 g/mol. The molecule has 1 aromatic heterocycles. The third-order valence-corrected chi connectivity index (χ3v) is 8.56. The van der Waals surface area contributed by atoms with Gasteiger partial charge in [0.1, 0.15) is 4.21 Å². The summed E-state index contributed by atoms with van der Waals surface area (Å²) in [5.74, 6) is 0.0955. The van der Waals surface area contributed by atoms with Crippen molar-refractivity contribution < 1.29 is 13.2 Å². The summed E-state index contributed by atoms with van der Waals surface area (Å²) >= 11 is 1.26. The predicted octanol–water partition coefficient (Wildman–Crippen LogP) is 3.38. The summed E-state index contributed by atoms with van der Waals surface area (Å²) in [5, 5.41) is 1.79. The van der Waals surface area contributed by atoms with Crippen LogP contribution >= 0.6 is 11.3 Å². The molecule has 1 aliphatic rings. The molecule has 0 spiro atoms. The Bertz CT molecular complexity index is 942. The maximum atomic E-state index is 12.7. The van der Waals surface area contributed by atoms with E-state index in [1.54, 1.807) is 28.7 Å². The molecule has 1 fully saturated rings. The van der Waals surface area contributed by atoms with Gasteiger partial charge in [-0.3, -0.25) is 9.69 Å². The Morgan fingerprint density at radius 2 is 1.78 bits per heavy atom. The first-order valence-electron chi connectivity index (χ1n) is 9.08. The second-order valence-electron chi connectivity index (χ2n) is 7.16. The zero-order valence-electron chi connectivity index (χ0n) is 16.3. The van der Waals surface area contributed by atoms with Crippen molar-refractivity contribution in [1.29, 1.82) is 0 Å². The smallest absolute Gasteiger partial charge is 0.252 e. The lowest BCUT2D eigenvalue weighted by Crippen LogP contribution is -2.48. The van der Waals surface area contributed by atoms with E-state index in [0.29, 0.717) is 30.4 Å². The normalized spacial score (nSPS) is 16.6. The Kier molecular flexibility index (Phi) is 5.86. The molecule has 7 heteroatoms. The maximum absolute atomic E-state index is 12.7. The van der Waals surface area contributed by atoms with Crippen LogP contribution in [0.2, 0.25) is 0 Å². The highest BCUT2D eigenvalue weighted by Crippen LogP contribution is 2.26. The van der Waals surface area contributed by atoms with Crippen molar-refractivity contribution in [3.63, 3.8) is 0 Å². The maximum Gasteiger partial charge on any atom is 0.252 e. The molecule has 2 heterocycles. The minimum atomic E-state index is -3.37. The van der Waals surface area contributed by atoms with Crippen LogP contribution in [-0.2, 0) is 16.6 Å². The van der Waals surface area contributed by atoms with Gasteiger partial charge in [0, 0.05) is 38.3 Å². The third kappa shape index (κ3) is 4.01. The molecular weight excluding hydrogens is 380 g/mol. The molecule has 0 saturated carbocycles. The van der Waals surface area contributed by atoms with Crippen LogP contribution in [0.4, 0.5) is 0 Å². The van der Waals surface area contributed by atoms with Crippen LogP contribution in [0.5, 0.6) is 0 Å². The van der Waals surface area contributed by atoms with Crippen LogP contribution in [0, 0.1) is 20.8 Å². The first-order chi connectivity index (χ1) is 12.7. The van der Waals surface area contributed by atoms with Crippen molar-refractivity contribution in [3.05, 3.63) is 51.4 Å². The summed E-state index contributed by atoms with van der Waals surface area (Å²) in [4.78, 5) is 14.3. The van der Waals surface area contributed by atoms with E-state index in [-0.39, 0.29) is 5.78 Å². The van der Waals surface area contributed by atoms with E-state index >= 15 is 0 Å². The number of sulfonamides is 1. The van der Waals surface area contributed by atoms with Crippen LogP contribution < -0.4 is 0 Å². The molecule has 5 nitrogen and oxygen atoms in total. The topological polar surface area (TPSA) is 57.7 Å². The van der Waals surface area contributed by atoms with Crippen molar-refractivity contribution in [2.24, 2.45) is 0 Å². The molecule has 0 aliphatic carbocycles. The number of ketones is 1. The minimum absolute atomic E-state index is 0.0955. The molecule has 1 aliphatic heterocycles. The number of benzene rings is 1. The summed E-state index contributed by atoms with van der Waals surface area (Å²) in [5.41, 5.74) is 5.25. The fourth-order valence-electron chi connectivity index (χ4n) is 3.90. The number of Topliss-reactive ketones (excluding diaryl/α,β-unsaturated/α-hetero) is 1. The van der Waals surface area contributed by atoms with E-state index < -0.39 is 10.0 Å². The molecule has 0 unspecified atom stereocenters. The molecule has 27 heavy (non-hydrogen) atoms. The van der Waals surface area contributed by atoms with E-state index in [0.717, 1.165) is 23.2 Å². The summed E-state index contributed by atoms with van der Waals surface area (Å²) < 4.78 is 27.3. The molecule has 0 N–H and O–H groups in total. The average Bonchev–Trinajstić information content (AvgIpc) is 3.14. The van der Waals surface area contributed by atoms with Gasteiger partial charge in [-0.05, 0) is 61.4 Å². The number of aryl methyl sites for hydroxylation is 2. The summed E-state index contributed by atoms with van der Waals surface area (Å²) in [6.45, 7) is 10.8. The SMILES string of the molecule is CC(=O)c1c(C)cc(C)c(CN2CCN(S(=O)(=O)c3cccs3)CC2)c1C. The highest BCUT2D eigenvalue weighted by Gasteiger charge is 2.29. The number of thiophene rings is 1. The van der Waals surface area contributed by atoms with Gasteiger partial charge < -0.3 is 0 Å². The molecule has 146 valence electrons. The van der Waals surface area contributed by atoms with Gasteiger partial charge in [0.25, 0.3) is 10.0 Å². The first kappa shape index (κ1) is 20.2. The third-order valence-electron chi connectivity index (χ3n) is 5.29. The van der Waals surface area contributed by atoms with Crippen molar-refractivity contribution in [3.8, 4) is 0 Å². The van der Waals surface area contributed by atoms with Gasteiger partial charge in [-0.2, -0.15) is 4.31 Å². The van der Waals surface area contributed by atoms with Gasteiger partial charge in [-0.25, -0.2) is 8.42 Å². The van der Waals surface area contributed by atoms with Gasteiger partial charge >= 0.3 is 0 Å². The minimum Gasteiger partial charge on any atom is -0.296 e. The molecule has 0 bridgehead atoms. The second kappa shape index (κ2) is 7.83. The Labute approximate surface area is 165 Å². The number of carbonyl (C=O) groups excluding carboxylic acids is 1. The average molecular weight is 407 g/mol. The largest absolute Gasteiger partial charge is 0.296 e. The van der Waals surface area contributed by atoms with Crippen LogP contribution in [0.25, 0.3) is 0 Å². The molecule has 3 rings (SSSR count). The molecule has 0 amide bonds. The van der Waals surface area contributed by atoms with Crippen LogP contribution in [0.1, 0.15) is 39.5 Å². The molecule has 1 saturated heterocycles. The van der Waals surface area contributed by atoms with Gasteiger partial charge in [0.15, 0.2) is 5.78 Å². The molecule has 1 aromatic carbocycles. The number of rotatable bonds is 5. The lowest BCUT2D eigenvalue weighted by atomic mass is 9.91. The van der Waals surface area contributed by atoms with Crippen LogP contribution in [-0.4, -0.2) is 49.6 Å². The summed E-state index contributed by atoms with van der Waals surface area (Å²) in [6.07, 6.45) is 0. The lowest BCUT2D eigenvalue weighted by Gasteiger charge is -2.34. The number of piperazine rings is 1. The first-order valence-corrected chi connectivity index (χ1v) is 11.4. The quantitative estimate of drug-likeness (QED) is 0.714. The van der Waals surface area contributed by atoms with E-state index in [4.69, 9.17) is 0 Å². The van der Waals surface area contributed by atoms with E-state index in [1.807, 2.05) is 13.8 Å². The van der Waals surface area contributed by atoms with Crippen molar-refractivity contribution in [1.82, 2.24) is 9.21 Å². The summed E-state index contributed by atoms with van der Waals surface area (Å²) in [7, 11) is -3.37. The van der Waals surface area contributed by atoms with E-state index in [1.165, 1.54) is 22.5 Å². The zero-order chi connectivity index (χ0) is 19.8. The Morgan fingerprint density at radius 1 is 1.11 bits per heavy atom. The van der Waals surface area contributed by atoms with E-state index in [9.17, 15) is 13.2 Å². The second-order valence-corrected chi connectivity index (χ2v) is 10.3. The Hall–Kier alpha value is -1.54. The fraction of sp³-hybridized carbons (Fsp3) is 0.450. The van der Waals surface area contributed by atoms with E-state index in [2.05, 4.69) is 17.9 Å². The fourth-order valence-corrected chi connectivity index (χ4v) is 6.47. The summed E-state index contributed by atoms with van der Waals surface area (Å²) in [6, 6.07) is 5.51. The van der Waals surface area contributed by atoms with Gasteiger partial charge in [0.05, 0.1) is 0 Å². The lowest BCUT2D eigenvalue weighted by molar-refractivity contribution is 0.101. The van der Waals surface area contributed by atoms with Crippen molar-refractivity contribution in [2.45, 2.75) is 38.4 Å². The number of carbonyl (C=O) groups is 1. The van der Waals surface area contributed by atoms with Crippen molar-refractivity contribution >= 4 is 27.1 Å². The highest BCUT2D eigenvalue weighted by molar-refractivity contribution is 7.91. The number of hydrogen-bond acceptors (Lipinski definition) is 5. The van der Waals surface area contributed by atoms with Crippen LogP contribution in [0.15, 0.2) is 27.8 Å². The molecular formula is C20H26N2O3S2. The zero-order valence-corrected chi connectivity index (χ0v) is 17.9. The molecule has 2 aromatic rings. The van der Waals surface area contributed by atoms with Gasteiger partial charge in [-0.1, -0.05) is 12.1 Å². The standard InChI is InChI=1S/C20H26N2O3S2/c1-14-12-15(2)20(17(4)23)16(3)18(14)13-21-7-9-22(10-8-21)27(24,25)19-6-5-11-26-19/h5-6,11-12H,7-10,13H2,1-4H3. The molecule has 0 radical (unpaired) electrons. The molecule has 0 atom stereocenters. The highest BCUT2D eigenvalue weighted by atomic mass is 32.2. The Balaban J connectivity index is 1.73. The van der Waals surface area contributed by atoms with Gasteiger partial charge in [0.2, 0.25) is 0 Å². The Morgan fingerprint density at radius 3 is 2.33 bits per heavy atom. The van der Waals surface area contributed by atoms with Gasteiger partial charge in [-0.15, -0.1) is 11.3 Å². The van der Waals surface area contributed by atoms with Crippen molar-refractivity contribution in [2.75, 3.05) is 26.2 Å². The predicted molar refractivity (Wildman–Crippen MR) is 109 cm³/mol. The number of hydrogen-bond donors (Lipinski definition) is 0. The van der Waals surface area contributed by atoms with Crippen LogP contribution in [0.3, 0.4) is 0 Å². The number of nitrogens with zero attached hydrogens (tertiary/aromatic N) is 2.